The van der Waals surface area contributed by atoms with Crippen molar-refractivity contribution in [3.8, 4) is 11.4 Å². The summed E-state index contributed by atoms with van der Waals surface area (Å²) in [6.45, 7) is 2.04. The van der Waals surface area contributed by atoms with Gasteiger partial charge >= 0.3 is 0 Å². The molecule has 0 bridgehead atoms. The van der Waals surface area contributed by atoms with Crippen LogP contribution in [0.4, 0.5) is 0 Å². The molecule has 0 saturated carbocycles. The second-order valence-electron chi connectivity index (χ2n) is 5.18. The number of rotatable bonds is 4. The average molecular weight is 292 g/mol. The zero-order valence-electron chi connectivity index (χ0n) is 11.2. The molecule has 1 aromatic carbocycles. The van der Waals surface area contributed by atoms with Crippen LogP contribution in [-0.2, 0) is 16.4 Å². The van der Waals surface area contributed by atoms with Crippen molar-refractivity contribution in [1.29, 1.82) is 0 Å². The van der Waals surface area contributed by atoms with E-state index in [1.54, 1.807) is 0 Å². The Labute approximate surface area is 117 Å². The van der Waals surface area contributed by atoms with E-state index in [4.69, 9.17) is 0 Å². The van der Waals surface area contributed by atoms with Crippen molar-refractivity contribution >= 4 is 9.84 Å². The summed E-state index contributed by atoms with van der Waals surface area (Å²) in [5.41, 5.74) is 2.16. The van der Waals surface area contributed by atoms with Crippen LogP contribution in [0.25, 0.3) is 11.4 Å². The molecule has 1 aliphatic rings. The Hall–Kier alpha value is -1.73. The highest BCUT2D eigenvalue weighted by molar-refractivity contribution is 7.91. The van der Waals surface area contributed by atoms with Gasteiger partial charge in [0.25, 0.3) is 0 Å². The van der Waals surface area contributed by atoms with Crippen LogP contribution in [0.15, 0.2) is 30.6 Å². The lowest BCUT2D eigenvalue weighted by Gasteiger charge is -2.37. The number of aromatic nitrogens is 3. The zero-order chi connectivity index (χ0) is 14.2. The Morgan fingerprint density at radius 1 is 1.30 bits per heavy atom. The van der Waals surface area contributed by atoms with Crippen LogP contribution in [-0.4, -0.2) is 53.1 Å². The van der Waals surface area contributed by atoms with Crippen LogP contribution in [0.2, 0.25) is 0 Å². The maximum Gasteiger partial charge on any atom is 0.155 e. The molecule has 2 aromatic rings. The second-order valence-corrected chi connectivity index (χ2v) is 7.50. The lowest BCUT2D eigenvalue weighted by atomic mass is 10.1. The summed E-state index contributed by atoms with van der Waals surface area (Å²) in [6, 6.07) is 8.05. The molecule has 0 amide bonds. The molecule has 1 fully saturated rings. The fourth-order valence-electron chi connectivity index (χ4n) is 2.29. The van der Waals surface area contributed by atoms with E-state index in [-0.39, 0.29) is 5.25 Å². The molecule has 2 heterocycles. The van der Waals surface area contributed by atoms with Gasteiger partial charge in [-0.25, -0.2) is 13.4 Å². The highest BCUT2D eigenvalue weighted by Crippen LogP contribution is 2.20. The van der Waals surface area contributed by atoms with Gasteiger partial charge in [0.1, 0.15) is 6.33 Å². The van der Waals surface area contributed by atoms with Crippen LogP contribution in [0.3, 0.4) is 0 Å². The Morgan fingerprint density at radius 3 is 2.55 bits per heavy atom. The Kier molecular flexibility index (Phi) is 3.31. The van der Waals surface area contributed by atoms with E-state index in [1.165, 1.54) is 18.1 Å². The molecule has 0 radical (unpaired) electrons. The van der Waals surface area contributed by atoms with Gasteiger partial charge < -0.3 is 0 Å². The van der Waals surface area contributed by atoms with Crippen LogP contribution in [0, 0.1) is 0 Å². The molecule has 106 valence electrons. The number of H-pyrrole nitrogens is 1. The zero-order valence-corrected chi connectivity index (χ0v) is 12.0. The van der Waals surface area contributed by atoms with Gasteiger partial charge in [0, 0.05) is 31.5 Å². The molecule has 0 spiro atoms. The fourth-order valence-corrected chi connectivity index (χ4v) is 3.26. The molecular formula is C13H16N4O2S. The molecule has 20 heavy (non-hydrogen) atoms. The number of aromatic amines is 1. The molecular weight excluding hydrogens is 276 g/mol. The van der Waals surface area contributed by atoms with Gasteiger partial charge in [0.05, 0.1) is 5.25 Å². The lowest BCUT2D eigenvalue weighted by Crippen LogP contribution is -2.53. The van der Waals surface area contributed by atoms with Crippen molar-refractivity contribution in [2.45, 2.75) is 11.8 Å². The molecule has 6 nitrogen and oxygen atoms in total. The van der Waals surface area contributed by atoms with Gasteiger partial charge in [-0.2, -0.15) is 5.10 Å². The number of benzene rings is 1. The molecule has 1 saturated heterocycles. The van der Waals surface area contributed by atoms with E-state index in [9.17, 15) is 8.42 Å². The van der Waals surface area contributed by atoms with E-state index >= 15 is 0 Å². The van der Waals surface area contributed by atoms with Gasteiger partial charge in [-0.1, -0.05) is 24.3 Å². The summed E-state index contributed by atoms with van der Waals surface area (Å²) in [7, 11) is -2.89. The molecule has 1 aliphatic heterocycles. The second kappa shape index (κ2) is 4.99. The number of hydrogen-bond donors (Lipinski definition) is 1. The van der Waals surface area contributed by atoms with E-state index in [0.717, 1.165) is 17.9 Å². The van der Waals surface area contributed by atoms with Crippen molar-refractivity contribution < 1.29 is 8.42 Å². The monoisotopic (exact) mass is 292 g/mol. The number of hydrogen-bond acceptors (Lipinski definition) is 5. The van der Waals surface area contributed by atoms with Gasteiger partial charge in [0.2, 0.25) is 0 Å². The Morgan fingerprint density at radius 2 is 2.00 bits per heavy atom. The van der Waals surface area contributed by atoms with E-state index in [1.807, 2.05) is 24.3 Å². The minimum absolute atomic E-state index is 0.198. The smallest absolute Gasteiger partial charge is 0.155 e. The van der Waals surface area contributed by atoms with Crippen molar-refractivity contribution in [3.05, 3.63) is 36.2 Å². The third-order valence-electron chi connectivity index (χ3n) is 3.58. The van der Waals surface area contributed by atoms with Gasteiger partial charge in [-0.05, 0) is 5.56 Å². The maximum absolute atomic E-state index is 11.3. The highest BCUT2D eigenvalue weighted by Gasteiger charge is 2.34. The summed E-state index contributed by atoms with van der Waals surface area (Å²) in [6.07, 6.45) is 2.79. The van der Waals surface area contributed by atoms with Crippen molar-refractivity contribution in [3.63, 3.8) is 0 Å². The summed E-state index contributed by atoms with van der Waals surface area (Å²) in [5.74, 6) is 0.748. The topological polar surface area (TPSA) is 79.0 Å². The average Bonchev–Trinajstić information content (AvgIpc) is 2.86. The normalized spacial score (nSPS) is 17.1. The van der Waals surface area contributed by atoms with Crippen LogP contribution in [0.1, 0.15) is 5.56 Å². The van der Waals surface area contributed by atoms with Crippen LogP contribution < -0.4 is 0 Å². The Bertz CT molecular complexity index is 674. The SMILES string of the molecule is CS(=O)(=O)C1CN(Cc2ccc(-c3ncn[nH]3)cc2)C1. The summed E-state index contributed by atoms with van der Waals surface area (Å²) in [5, 5.41) is 6.44. The molecule has 1 aromatic heterocycles. The first-order chi connectivity index (χ1) is 9.52. The quantitative estimate of drug-likeness (QED) is 0.897. The molecule has 0 aliphatic carbocycles. The number of sulfone groups is 1. The molecule has 0 atom stereocenters. The fraction of sp³-hybridized carbons (Fsp3) is 0.385. The first-order valence-corrected chi connectivity index (χ1v) is 8.34. The highest BCUT2D eigenvalue weighted by atomic mass is 32.2. The lowest BCUT2D eigenvalue weighted by molar-refractivity contribution is 0.176. The molecule has 0 unspecified atom stereocenters. The van der Waals surface area contributed by atoms with Crippen molar-refractivity contribution in [1.82, 2.24) is 20.1 Å². The first kappa shape index (κ1) is 13.3. The van der Waals surface area contributed by atoms with Crippen molar-refractivity contribution in [2.75, 3.05) is 19.3 Å². The van der Waals surface area contributed by atoms with Gasteiger partial charge in [0.15, 0.2) is 15.7 Å². The van der Waals surface area contributed by atoms with Gasteiger partial charge in [-0.3, -0.25) is 10.00 Å². The first-order valence-electron chi connectivity index (χ1n) is 6.38. The predicted octanol–water partition coefficient (Wildman–Crippen LogP) is 0.700. The number of nitrogens with one attached hydrogen (secondary N) is 1. The molecule has 3 rings (SSSR count). The van der Waals surface area contributed by atoms with Crippen molar-refractivity contribution in [2.24, 2.45) is 0 Å². The number of likely N-dealkylation sites (tertiary alicyclic amines) is 1. The maximum atomic E-state index is 11.3. The molecule has 1 N–H and O–H groups in total. The third kappa shape index (κ3) is 2.73. The van der Waals surface area contributed by atoms with E-state index < -0.39 is 9.84 Å². The molecule has 7 heteroatoms. The van der Waals surface area contributed by atoms with Crippen LogP contribution in [0.5, 0.6) is 0 Å². The Balaban J connectivity index is 1.60. The summed E-state index contributed by atoms with van der Waals surface area (Å²) >= 11 is 0. The van der Waals surface area contributed by atoms with Crippen LogP contribution >= 0.6 is 0 Å². The minimum Gasteiger partial charge on any atom is -0.296 e. The standard InChI is InChI=1S/C13H16N4O2S/c1-20(18,19)12-7-17(8-12)6-10-2-4-11(5-3-10)13-14-9-15-16-13/h2-5,9,12H,6-8H2,1H3,(H,14,15,16). The van der Waals surface area contributed by atoms with E-state index in [2.05, 4.69) is 20.1 Å². The summed E-state index contributed by atoms with van der Waals surface area (Å²) < 4.78 is 22.7. The third-order valence-corrected chi connectivity index (χ3v) is 5.09. The van der Waals surface area contributed by atoms with Gasteiger partial charge in [-0.15, -0.1) is 0 Å². The number of nitrogens with zero attached hydrogens (tertiary/aromatic N) is 3. The predicted molar refractivity (Wildman–Crippen MR) is 75.7 cm³/mol. The summed E-state index contributed by atoms with van der Waals surface area (Å²) in [4.78, 5) is 6.23. The largest absolute Gasteiger partial charge is 0.296 e. The van der Waals surface area contributed by atoms with E-state index in [0.29, 0.717) is 13.1 Å². The minimum atomic E-state index is -2.89.